The Hall–Kier alpha value is -1.03. The molecule has 1 aliphatic rings. The molecule has 1 heterocycles. The van der Waals surface area contributed by atoms with Gasteiger partial charge >= 0.3 is 6.18 Å². The first kappa shape index (κ1) is 14.4. The minimum Gasteiger partial charge on any atom is -0.370 e. The van der Waals surface area contributed by atoms with Crippen molar-refractivity contribution in [2.24, 2.45) is 0 Å². The van der Waals surface area contributed by atoms with E-state index in [1.807, 2.05) is 0 Å². The Kier molecular flexibility index (Phi) is 4.50. The van der Waals surface area contributed by atoms with Crippen molar-refractivity contribution < 1.29 is 17.9 Å². The van der Waals surface area contributed by atoms with E-state index in [-0.39, 0.29) is 12.2 Å². The molecule has 1 fully saturated rings. The van der Waals surface area contributed by atoms with Gasteiger partial charge in [0.05, 0.1) is 17.8 Å². The number of alkyl halides is 3. The van der Waals surface area contributed by atoms with Crippen molar-refractivity contribution >= 4 is 0 Å². The Labute approximate surface area is 111 Å². The zero-order valence-electron chi connectivity index (χ0n) is 11.0. The molecule has 106 valence electrons. The Morgan fingerprint density at radius 2 is 1.84 bits per heavy atom. The summed E-state index contributed by atoms with van der Waals surface area (Å²) in [4.78, 5) is 0. The summed E-state index contributed by atoms with van der Waals surface area (Å²) < 4.78 is 43.4. The molecule has 0 bridgehead atoms. The molecule has 19 heavy (non-hydrogen) atoms. The molecule has 4 heteroatoms. The topological polar surface area (TPSA) is 9.23 Å². The molecular formula is C15H19F3O. The molecule has 1 aromatic rings. The Bertz CT molecular complexity index is 395. The van der Waals surface area contributed by atoms with E-state index in [4.69, 9.17) is 4.74 Å². The summed E-state index contributed by atoms with van der Waals surface area (Å²) >= 11 is 0. The van der Waals surface area contributed by atoms with Gasteiger partial charge in [0.2, 0.25) is 0 Å². The van der Waals surface area contributed by atoms with Crippen LogP contribution in [0.15, 0.2) is 24.3 Å². The van der Waals surface area contributed by atoms with Crippen molar-refractivity contribution in [3.8, 4) is 0 Å². The first-order valence-corrected chi connectivity index (χ1v) is 6.83. The molecule has 1 aliphatic heterocycles. The van der Waals surface area contributed by atoms with Crippen molar-refractivity contribution in [1.82, 2.24) is 0 Å². The van der Waals surface area contributed by atoms with Gasteiger partial charge in [-0.25, -0.2) is 0 Å². The first-order chi connectivity index (χ1) is 9.00. The van der Waals surface area contributed by atoms with Crippen molar-refractivity contribution in [3.63, 3.8) is 0 Å². The standard InChI is InChI=1S/C15H19F3O/c1-2-4-13-5-3-6-14(19-13)11-7-9-12(10-8-11)15(16,17)18/h7-10,13-14H,2-6H2,1H3/t13-,14-/m0/s1. The highest BCUT2D eigenvalue weighted by Crippen LogP contribution is 2.35. The Morgan fingerprint density at radius 1 is 1.16 bits per heavy atom. The molecule has 1 saturated heterocycles. The quantitative estimate of drug-likeness (QED) is 0.742. The SMILES string of the molecule is CCC[C@H]1CCC[C@@H](c2ccc(C(F)(F)F)cc2)O1. The lowest BCUT2D eigenvalue weighted by Gasteiger charge is -2.30. The molecule has 0 spiro atoms. The fourth-order valence-electron chi connectivity index (χ4n) is 2.57. The van der Waals surface area contributed by atoms with Gasteiger partial charge in [-0.1, -0.05) is 25.5 Å². The van der Waals surface area contributed by atoms with Crippen molar-refractivity contribution in [1.29, 1.82) is 0 Å². The second-order valence-electron chi connectivity index (χ2n) is 5.09. The average Bonchev–Trinajstić information content (AvgIpc) is 2.39. The minimum absolute atomic E-state index is 0.0485. The highest BCUT2D eigenvalue weighted by molar-refractivity contribution is 5.26. The number of benzene rings is 1. The van der Waals surface area contributed by atoms with Crippen molar-refractivity contribution in [2.45, 2.75) is 57.4 Å². The van der Waals surface area contributed by atoms with E-state index < -0.39 is 11.7 Å². The summed E-state index contributed by atoms with van der Waals surface area (Å²) in [6, 6.07) is 5.37. The van der Waals surface area contributed by atoms with Crippen LogP contribution >= 0.6 is 0 Å². The predicted molar refractivity (Wildman–Crippen MR) is 67.8 cm³/mol. The van der Waals surface area contributed by atoms with Crippen LogP contribution < -0.4 is 0 Å². The monoisotopic (exact) mass is 272 g/mol. The summed E-state index contributed by atoms with van der Waals surface area (Å²) in [7, 11) is 0. The van der Waals surface area contributed by atoms with Crippen LogP contribution in [-0.2, 0) is 10.9 Å². The van der Waals surface area contributed by atoms with Gasteiger partial charge < -0.3 is 4.74 Å². The predicted octanol–water partition coefficient (Wildman–Crippen LogP) is 5.12. The lowest BCUT2D eigenvalue weighted by molar-refractivity contribution is -0.137. The van der Waals surface area contributed by atoms with Crippen LogP contribution in [0.5, 0.6) is 0 Å². The van der Waals surface area contributed by atoms with E-state index in [0.717, 1.165) is 49.8 Å². The second kappa shape index (κ2) is 5.95. The largest absolute Gasteiger partial charge is 0.416 e. The minimum atomic E-state index is -4.27. The number of rotatable bonds is 3. The van der Waals surface area contributed by atoms with Gasteiger partial charge in [-0.15, -0.1) is 0 Å². The molecule has 2 atom stereocenters. The third kappa shape index (κ3) is 3.72. The number of hydrogen-bond donors (Lipinski definition) is 0. The fraction of sp³-hybridized carbons (Fsp3) is 0.600. The number of halogens is 3. The molecule has 1 aromatic carbocycles. The zero-order chi connectivity index (χ0) is 13.9. The second-order valence-corrected chi connectivity index (χ2v) is 5.09. The molecular weight excluding hydrogens is 253 g/mol. The van der Waals surface area contributed by atoms with Gasteiger partial charge in [0, 0.05) is 0 Å². The zero-order valence-corrected chi connectivity index (χ0v) is 11.0. The Balaban J connectivity index is 2.05. The highest BCUT2D eigenvalue weighted by Gasteiger charge is 2.30. The van der Waals surface area contributed by atoms with Crippen LogP contribution in [-0.4, -0.2) is 6.10 Å². The smallest absolute Gasteiger partial charge is 0.370 e. The lowest BCUT2D eigenvalue weighted by atomic mass is 9.96. The summed E-state index contributed by atoms with van der Waals surface area (Å²) in [6.07, 6.45) is 1.07. The van der Waals surface area contributed by atoms with Gasteiger partial charge in [0.15, 0.2) is 0 Å². The van der Waals surface area contributed by atoms with Crippen molar-refractivity contribution in [2.75, 3.05) is 0 Å². The van der Waals surface area contributed by atoms with Crippen LogP contribution in [0.1, 0.15) is 56.3 Å². The van der Waals surface area contributed by atoms with Crippen LogP contribution in [0, 0.1) is 0 Å². The van der Waals surface area contributed by atoms with Crippen LogP contribution in [0.2, 0.25) is 0 Å². The molecule has 0 amide bonds. The normalized spacial score (nSPS) is 24.4. The van der Waals surface area contributed by atoms with E-state index >= 15 is 0 Å². The van der Waals surface area contributed by atoms with Gasteiger partial charge in [0.1, 0.15) is 0 Å². The summed E-state index contributed by atoms with van der Waals surface area (Å²) in [5.74, 6) is 0. The van der Waals surface area contributed by atoms with E-state index in [1.165, 1.54) is 0 Å². The fourth-order valence-corrected chi connectivity index (χ4v) is 2.57. The van der Waals surface area contributed by atoms with Crippen LogP contribution in [0.4, 0.5) is 13.2 Å². The molecule has 2 rings (SSSR count). The number of hydrogen-bond acceptors (Lipinski definition) is 1. The van der Waals surface area contributed by atoms with E-state index in [9.17, 15) is 13.2 Å². The number of ether oxygens (including phenoxy) is 1. The molecule has 1 nitrogen and oxygen atoms in total. The lowest BCUT2D eigenvalue weighted by Crippen LogP contribution is -2.22. The molecule has 0 unspecified atom stereocenters. The van der Waals surface area contributed by atoms with Gasteiger partial charge in [-0.3, -0.25) is 0 Å². The maximum atomic E-state index is 12.5. The Morgan fingerprint density at radius 3 is 2.42 bits per heavy atom. The average molecular weight is 272 g/mol. The highest BCUT2D eigenvalue weighted by atomic mass is 19.4. The molecule has 0 N–H and O–H groups in total. The van der Waals surface area contributed by atoms with Gasteiger partial charge in [-0.2, -0.15) is 13.2 Å². The third-order valence-electron chi connectivity index (χ3n) is 3.57. The summed E-state index contributed by atoms with van der Waals surface area (Å²) in [5, 5.41) is 0. The molecule has 0 aromatic heterocycles. The van der Waals surface area contributed by atoms with Crippen LogP contribution in [0.3, 0.4) is 0 Å². The summed E-state index contributed by atoms with van der Waals surface area (Å²) in [6.45, 7) is 2.12. The maximum absolute atomic E-state index is 12.5. The molecule has 0 radical (unpaired) electrons. The van der Waals surface area contributed by atoms with Gasteiger partial charge in [0.25, 0.3) is 0 Å². The first-order valence-electron chi connectivity index (χ1n) is 6.83. The van der Waals surface area contributed by atoms with E-state index in [1.54, 1.807) is 12.1 Å². The maximum Gasteiger partial charge on any atom is 0.416 e. The van der Waals surface area contributed by atoms with E-state index in [0.29, 0.717) is 0 Å². The van der Waals surface area contributed by atoms with E-state index in [2.05, 4.69) is 6.92 Å². The molecule has 0 saturated carbocycles. The summed E-state index contributed by atoms with van der Waals surface area (Å²) in [5.41, 5.74) is 0.256. The third-order valence-corrected chi connectivity index (χ3v) is 3.57. The van der Waals surface area contributed by atoms with Crippen LogP contribution in [0.25, 0.3) is 0 Å². The molecule has 0 aliphatic carbocycles. The van der Waals surface area contributed by atoms with Crippen molar-refractivity contribution in [3.05, 3.63) is 35.4 Å². The van der Waals surface area contributed by atoms with Gasteiger partial charge in [-0.05, 0) is 43.4 Å².